The summed E-state index contributed by atoms with van der Waals surface area (Å²) in [4.78, 5) is 25.7. The first-order valence-corrected chi connectivity index (χ1v) is 18.6. The predicted molar refractivity (Wildman–Crippen MR) is 183 cm³/mol. The Labute approximate surface area is 282 Å². The van der Waals surface area contributed by atoms with E-state index in [9.17, 15) is 0 Å². The van der Waals surface area contributed by atoms with Crippen LogP contribution in [0.3, 0.4) is 0 Å². The Morgan fingerprint density at radius 1 is 0.333 bits per heavy atom. The summed E-state index contributed by atoms with van der Waals surface area (Å²) in [5.74, 6) is 0. The molecule has 0 aromatic carbocycles. The molecule has 0 saturated heterocycles. The van der Waals surface area contributed by atoms with Crippen molar-refractivity contribution < 1.29 is 15.1 Å². The van der Waals surface area contributed by atoms with Gasteiger partial charge in [0.2, 0.25) is 0 Å². The van der Waals surface area contributed by atoms with E-state index in [1.54, 1.807) is 0 Å². The van der Waals surface area contributed by atoms with Crippen LogP contribution in [0.2, 0.25) is 0 Å². The van der Waals surface area contributed by atoms with Crippen molar-refractivity contribution in [2.45, 2.75) is 41.5 Å². The summed E-state index contributed by atoms with van der Waals surface area (Å²) in [5.41, 5.74) is 12.9. The van der Waals surface area contributed by atoms with Crippen LogP contribution >= 0.6 is 19.4 Å². The van der Waals surface area contributed by atoms with Crippen molar-refractivity contribution in [2.75, 3.05) is 0 Å². The van der Waals surface area contributed by atoms with Crippen molar-refractivity contribution >= 4 is 19.4 Å². The van der Waals surface area contributed by atoms with Crippen LogP contribution in [-0.4, -0.2) is 29.9 Å². The fraction of sp³-hybridized carbons (Fsp3) is 0.167. The normalized spacial score (nSPS) is 9.96. The van der Waals surface area contributed by atoms with E-state index in [2.05, 4.69) is 71.4 Å². The predicted octanol–water partition coefficient (Wildman–Crippen LogP) is 9.66. The second kappa shape index (κ2) is 18.8. The van der Waals surface area contributed by atoms with Crippen molar-refractivity contribution in [3.05, 3.63) is 143 Å². The molecule has 0 aliphatic carbocycles. The van der Waals surface area contributed by atoms with E-state index in [-0.39, 0.29) is 15.1 Å². The zero-order valence-corrected chi connectivity index (χ0v) is 29.4. The van der Waals surface area contributed by atoms with Crippen LogP contribution in [0.25, 0.3) is 34.2 Å². The zero-order chi connectivity index (χ0) is 32.6. The van der Waals surface area contributed by atoms with E-state index in [4.69, 9.17) is 19.4 Å². The topological polar surface area (TPSA) is 77.3 Å². The number of hydrogen-bond acceptors (Lipinski definition) is 6. The third-order valence-corrected chi connectivity index (χ3v) is 6.28. The number of pyridine rings is 6. The van der Waals surface area contributed by atoms with Gasteiger partial charge in [-0.1, -0.05) is 0 Å². The number of halogens is 2. The van der Waals surface area contributed by atoms with Crippen molar-refractivity contribution in [3.8, 4) is 34.2 Å². The Bertz CT molecular complexity index is 1460. The Balaban J connectivity index is 0.000000176. The van der Waals surface area contributed by atoms with Gasteiger partial charge in [-0.2, -0.15) is 0 Å². The molecule has 0 amide bonds. The first-order valence-electron chi connectivity index (χ1n) is 14.1. The van der Waals surface area contributed by atoms with Gasteiger partial charge in [-0.25, -0.2) is 0 Å². The van der Waals surface area contributed by atoms with Gasteiger partial charge in [0.1, 0.15) is 0 Å². The van der Waals surface area contributed by atoms with Crippen LogP contribution in [0.4, 0.5) is 0 Å². The zero-order valence-electron chi connectivity index (χ0n) is 26.2. The Hall–Kier alpha value is -3.90. The first kappa shape index (κ1) is 35.6. The summed E-state index contributed by atoms with van der Waals surface area (Å²) in [5, 5.41) is 0. The number of aryl methyl sites for hydroxylation is 6. The van der Waals surface area contributed by atoms with Gasteiger partial charge in [0.05, 0.1) is 34.2 Å². The third-order valence-electron chi connectivity index (χ3n) is 6.28. The molecule has 6 aromatic rings. The van der Waals surface area contributed by atoms with Gasteiger partial charge >= 0.3 is 34.5 Å². The molecule has 0 aliphatic rings. The van der Waals surface area contributed by atoms with E-state index in [0.29, 0.717) is 0 Å². The molecule has 6 nitrogen and oxygen atoms in total. The van der Waals surface area contributed by atoms with Gasteiger partial charge in [0, 0.05) is 37.2 Å². The van der Waals surface area contributed by atoms with Gasteiger partial charge in [-0.15, -0.1) is 0 Å². The standard InChI is InChI=1S/3C12H12N2.2ClH.Ru/c3*1-9-3-5-13-11(7-9)12-8-10(2)4-6-14-12;;;/h3*3-8H,1-2H3;2*1H;/q;;;;;+2/p-2. The monoisotopic (exact) mass is 724 g/mol. The fourth-order valence-electron chi connectivity index (χ4n) is 4.06. The average Bonchev–Trinajstić information content (AvgIpc) is 3.02. The average molecular weight is 725 g/mol. The van der Waals surface area contributed by atoms with E-state index in [1.165, 1.54) is 33.4 Å². The molecule has 0 N–H and O–H groups in total. The molecular weight excluding hydrogens is 688 g/mol. The van der Waals surface area contributed by atoms with Gasteiger partial charge in [-0.3, -0.25) is 29.9 Å². The van der Waals surface area contributed by atoms with Crippen LogP contribution in [0.1, 0.15) is 33.4 Å². The van der Waals surface area contributed by atoms with Crippen molar-refractivity contribution in [1.82, 2.24) is 29.9 Å². The molecular formula is C36H36Cl2N6Ru. The molecule has 0 aliphatic heterocycles. The van der Waals surface area contributed by atoms with Gasteiger partial charge in [-0.05, 0) is 148 Å². The molecule has 0 saturated carbocycles. The summed E-state index contributed by atoms with van der Waals surface area (Å²) in [6.45, 7) is 12.3. The van der Waals surface area contributed by atoms with E-state index >= 15 is 0 Å². The van der Waals surface area contributed by atoms with E-state index in [1.807, 2.05) is 110 Å². The molecule has 6 heterocycles. The molecule has 0 bridgehead atoms. The first-order chi connectivity index (χ1) is 21.7. The molecule has 0 spiro atoms. The molecule has 9 heteroatoms. The van der Waals surface area contributed by atoms with Crippen LogP contribution in [0.15, 0.2) is 110 Å². The van der Waals surface area contributed by atoms with Crippen LogP contribution in [0.5, 0.6) is 0 Å². The second-order valence-corrected chi connectivity index (χ2v) is 13.0. The second-order valence-electron chi connectivity index (χ2n) is 10.4. The van der Waals surface area contributed by atoms with Gasteiger partial charge < -0.3 is 0 Å². The molecule has 0 atom stereocenters. The van der Waals surface area contributed by atoms with Crippen molar-refractivity contribution in [3.63, 3.8) is 0 Å². The summed E-state index contributed by atoms with van der Waals surface area (Å²) >= 11 is -0.346. The van der Waals surface area contributed by atoms with Gasteiger partial charge in [0.25, 0.3) is 0 Å². The number of hydrogen-bond donors (Lipinski definition) is 0. The quantitative estimate of drug-likeness (QED) is 0.169. The summed E-state index contributed by atoms with van der Waals surface area (Å²) < 4.78 is 0. The molecule has 6 rings (SSSR count). The molecule has 0 fully saturated rings. The SMILES string of the molecule is Cc1ccnc(-c2cc(C)ccn2)c1.Cc1ccnc(-c2cc(C)ccn2)c1.Cc1ccnc(-c2cc(C)ccn2)c1.[Cl][Ru][Cl]. The molecule has 6 aromatic heterocycles. The van der Waals surface area contributed by atoms with Crippen molar-refractivity contribution in [1.29, 1.82) is 0 Å². The Morgan fingerprint density at radius 3 is 0.578 bits per heavy atom. The van der Waals surface area contributed by atoms with Gasteiger partial charge in [0.15, 0.2) is 0 Å². The summed E-state index contributed by atoms with van der Waals surface area (Å²) in [6, 6.07) is 24.2. The maximum atomic E-state index is 4.85. The van der Waals surface area contributed by atoms with Crippen molar-refractivity contribution in [2.24, 2.45) is 0 Å². The fourth-order valence-corrected chi connectivity index (χ4v) is 4.06. The Morgan fingerprint density at radius 2 is 0.467 bits per heavy atom. The maximum absolute atomic E-state index is 4.85. The molecule has 232 valence electrons. The summed E-state index contributed by atoms with van der Waals surface area (Å²) in [7, 11) is 9.71. The van der Waals surface area contributed by atoms with E-state index < -0.39 is 0 Å². The number of aromatic nitrogens is 6. The summed E-state index contributed by atoms with van der Waals surface area (Å²) in [6.07, 6.45) is 10.9. The minimum absolute atomic E-state index is 0.346. The Kier molecular flexibility index (Phi) is 14.9. The van der Waals surface area contributed by atoms with E-state index in [0.717, 1.165) is 34.2 Å². The molecule has 0 radical (unpaired) electrons. The number of rotatable bonds is 3. The third kappa shape index (κ3) is 12.6. The molecule has 45 heavy (non-hydrogen) atoms. The van der Waals surface area contributed by atoms with Crippen LogP contribution in [-0.2, 0) is 15.1 Å². The minimum atomic E-state index is -0.346. The van der Waals surface area contributed by atoms with Crippen LogP contribution in [0, 0.1) is 41.5 Å². The van der Waals surface area contributed by atoms with Crippen LogP contribution < -0.4 is 0 Å². The number of nitrogens with zero attached hydrogens (tertiary/aromatic N) is 6. The molecule has 0 unspecified atom stereocenters.